The molecule has 1 rings (SSSR count). The molecule has 0 aliphatic rings. The van der Waals surface area contributed by atoms with E-state index in [1.807, 2.05) is 0 Å². The van der Waals surface area contributed by atoms with Crippen molar-refractivity contribution in [3.63, 3.8) is 0 Å². The standard InChI is InChI=1S/C11H15N.ClH/c1-4-11(12)10-6-8(2)5-9(3)7-10;/h4-7,11H,1,12H2,2-3H3;1H/t11-;/m0./s1. The van der Waals surface area contributed by atoms with Gasteiger partial charge in [0.1, 0.15) is 0 Å². The Balaban J connectivity index is 0.00000144. The van der Waals surface area contributed by atoms with Crippen LogP contribution in [0, 0.1) is 13.8 Å². The van der Waals surface area contributed by atoms with Crippen LogP contribution in [0.3, 0.4) is 0 Å². The van der Waals surface area contributed by atoms with Crippen LogP contribution in [0.2, 0.25) is 0 Å². The third-order valence-corrected chi connectivity index (χ3v) is 1.88. The molecule has 0 saturated carbocycles. The van der Waals surface area contributed by atoms with E-state index < -0.39 is 0 Å². The minimum Gasteiger partial charge on any atom is -0.321 e. The third kappa shape index (κ3) is 3.21. The lowest BCUT2D eigenvalue weighted by Gasteiger charge is -2.08. The van der Waals surface area contributed by atoms with Crippen LogP contribution in [-0.4, -0.2) is 0 Å². The average molecular weight is 198 g/mol. The van der Waals surface area contributed by atoms with Crippen LogP contribution < -0.4 is 5.73 Å². The van der Waals surface area contributed by atoms with Crippen molar-refractivity contribution in [1.82, 2.24) is 0 Å². The number of aryl methyl sites for hydroxylation is 2. The molecule has 1 atom stereocenters. The maximum atomic E-state index is 5.81. The molecule has 0 aliphatic heterocycles. The van der Waals surface area contributed by atoms with Gasteiger partial charge in [-0.25, -0.2) is 0 Å². The monoisotopic (exact) mass is 197 g/mol. The zero-order valence-corrected chi connectivity index (χ0v) is 8.90. The van der Waals surface area contributed by atoms with Gasteiger partial charge in [-0.15, -0.1) is 19.0 Å². The lowest BCUT2D eigenvalue weighted by atomic mass is 10.0. The van der Waals surface area contributed by atoms with Crippen LogP contribution in [0.1, 0.15) is 22.7 Å². The summed E-state index contributed by atoms with van der Waals surface area (Å²) in [5.41, 5.74) is 9.46. The molecule has 2 N–H and O–H groups in total. The van der Waals surface area contributed by atoms with Crippen LogP contribution in [0.5, 0.6) is 0 Å². The first kappa shape index (κ1) is 12.2. The van der Waals surface area contributed by atoms with E-state index in [1.165, 1.54) is 11.1 Å². The Morgan fingerprint density at radius 1 is 1.23 bits per heavy atom. The molecule has 0 aliphatic carbocycles. The van der Waals surface area contributed by atoms with Gasteiger partial charge in [0.25, 0.3) is 0 Å². The van der Waals surface area contributed by atoms with Gasteiger partial charge in [-0.1, -0.05) is 35.4 Å². The molecule has 1 nitrogen and oxygen atoms in total. The van der Waals surface area contributed by atoms with Crippen molar-refractivity contribution in [2.75, 3.05) is 0 Å². The number of rotatable bonds is 2. The molecule has 0 amide bonds. The highest BCUT2D eigenvalue weighted by molar-refractivity contribution is 5.85. The van der Waals surface area contributed by atoms with Gasteiger partial charge < -0.3 is 5.73 Å². The second-order valence-corrected chi connectivity index (χ2v) is 3.18. The maximum Gasteiger partial charge on any atom is 0.0478 e. The highest BCUT2D eigenvalue weighted by Gasteiger charge is 2.01. The molecule has 1 aromatic rings. The van der Waals surface area contributed by atoms with Gasteiger partial charge in [-0.05, 0) is 19.4 Å². The number of nitrogens with two attached hydrogens (primary N) is 1. The molecule has 0 bridgehead atoms. The van der Waals surface area contributed by atoms with Crippen molar-refractivity contribution in [3.8, 4) is 0 Å². The van der Waals surface area contributed by atoms with Crippen LogP contribution in [0.15, 0.2) is 30.9 Å². The third-order valence-electron chi connectivity index (χ3n) is 1.88. The van der Waals surface area contributed by atoms with Crippen LogP contribution in [-0.2, 0) is 0 Å². The Hall–Kier alpha value is -0.790. The second-order valence-electron chi connectivity index (χ2n) is 3.18. The van der Waals surface area contributed by atoms with E-state index in [0.717, 1.165) is 5.56 Å². The van der Waals surface area contributed by atoms with Gasteiger partial charge in [-0.2, -0.15) is 0 Å². The van der Waals surface area contributed by atoms with E-state index in [2.05, 4.69) is 38.6 Å². The topological polar surface area (TPSA) is 26.0 Å². The number of benzene rings is 1. The summed E-state index contributed by atoms with van der Waals surface area (Å²) >= 11 is 0. The Morgan fingerprint density at radius 3 is 2.08 bits per heavy atom. The van der Waals surface area contributed by atoms with Gasteiger partial charge in [0.05, 0.1) is 0 Å². The Kier molecular flexibility index (Phi) is 4.74. The van der Waals surface area contributed by atoms with E-state index >= 15 is 0 Å². The van der Waals surface area contributed by atoms with Gasteiger partial charge in [0, 0.05) is 6.04 Å². The van der Waals surface area contributed by atoms with Gasteiger partial charge >= 0.3 is 0 Å². The molecule has 0 radical (unpaired) electrons. The Morgan fingerprint density at radius 2 is 1.69 bits per heavy atom. The predicted molar refractivity (Wildman–Crippen MR) is 60.3 cm³/mol. The number of hydrogen-bond acceptors (Lipinski definition) is 1. The summed E-state index contributed by atoms with van der Waals surface area (Å²) in [5.74, 6) is 0. The maximum absolute atomic E-state index is 5.81. The first-order valence-electron chi connectivity index (χ1n) is 4.10. The van der Waals surface area contributed by atoms with Gasteiger partial charge in [0.15, 0.2) is 0 Å². The van der Waals surface area contributed by atoms with E-state index in [1.54, 1.807) is 6.08 Å². The van der Waals surface area contributed by atoms with Gasteiger partial charge in [0.2, 0.25) is 0 Å². The normalized spacial score (nSPS) is 11.6. The summed E-state index contributed by atoms with van der Waals surface area (Å²) in [4.78, 5) is 0. The fourth-order valence-electron chi connectivity index (χ4n) is 1.34. The number of halogens is 1. The summed E-state index contributed by atoms with van der Waals surface area (Å²) < 4.78 is 0. The van der Waals surface area contributed by atoms with E-state index in [9.17, 15) is 0 Å². The molecular weight excluding hydrogens is 182 g/mol. The molecule has 13 heavy (non-hydrogen) atoms. The largest absolute Gasteiger partial charge is 0.321 e. The first-order chi connectivity index (χ1) is 5.63. The van der Waals surface area contributed by atoms with Crippen molar-refractivity contribution in [1.29, 1.82) is 0 Å². The highest BCUT2D eigenvalue weighted by atomic mass is 35.5. The van der Waals surface area contributed by atoms with Crippen molar-refractivity contribution in [3.05, 3.63) is 47.5 Å². The summed E-state index contributed by atoms with van der Waals surface area (Å²) in [6.07, 6.45) is 1.76. The van der Waals surface area contributed by atoms with Crippen molar-refractivity contribution in [2.24, 2.45) is 5.73 Å². The van der Waals surface area contributed by atoms with Crippen molar-refractivity contribution < 1.29 is 0 Å². The Labute approximate surface area is 86.1 Å². The molecule has 72 valence electrons. The minimum atomic E-state index is -0.0383. The van der Waals surface area contributed by atoms with Gasteiger partial charge in [-0.3, -0.25) is 0 Å². The smallest absolute Gasteiger partial charge is 0.0478 e. The van der Waals surface area contributed by atoms with E-state index in [4.69, 9.17) is 5.73 Å². The summed E-state index contributed by atoms with van der Waals surface area (Å²) in [6.45, 7) is 7.82. The minimum absolute atomic E-state index is 0. The lowest BCUT2D eigenvalue weighted by Crippen LogP contribution is -2.06. The first-order valence-corrected chi connectivity index (χ1v) is 4.10. The fraction of sp³-hybridized carbons (Fsp3) is 0.273. The fourth-order valence-corrected chi connectivity index (χ4v) is 1.34. The lowest BCUT2D eigenvalue weighted by molar-refractivity contribution is 0.910. The summed E-state index contributed by atoms with van der Waals surface area (Å²) in [7, 11) is 0. The average Bonchev–Trinajstić information content (AvgIpc) is 2.01. The second kappa shape index (κ2) is 5.05. The zero-order chi connectivity index (χ0) is 9.14. The molecule has 1 aromatic carbocycles. The van der Waals surface area contributed by atoms with E-state index in [0.29, 0.717) is 0 Å². The molecule has 0 spiro atoms. The van der Waals surface area contributed by atoms with Crippen LogP contribution in [0.25, 0.3) is 0 Å². The molecule has 0 fully saturated rings. The predicted octanol–water partition coefficient (Wildman–Crippen LogP) is 2.91. The van der Waals surface area contributed by atoms with Crippen LogP contribution in [0.4, 0.5) is 0 Å². The summed E-state index contributed by atoms with van der Waals surface area (Å²) in [6, 6.07) is 6.29. The zero-order valence-electron chi connectivity index (χ0n) is 8.08. The molecule has 2 heteroatoms. The molecule has 0 aromatic heterocycles. The quantitative estimate of drug-likeness (QED) is 0.725. The molecule has 0 heterocycles. The summed E-state index contributed by atoms with van der Waals surface area (Å²) in [5, 5.41) is 0. The molecule has 0 saturated heterocycles. The van der Waals surface area contributed by atoms with Crippen molar-refractivity contribution >= 4 is 12.4 Å². The van der Waals surface area contributed by atoms with Crippen LogP contribution >= 0.6 is 12.4 Å². The van der Waals surface area contributed by atoms with Crippen molar-refractivity contribution in [2.45, 2.75) is 19.9 Å². The molecular formula is C11H16ClN. The van der Waals surface area contributed by atoms with E-state index in [-0.39, 0.29) is 18.4 Å². The number of hydrogen-bond donors (Lipinski definition) is 1. The molecule has 0 unspecified atom stereocenters. The SMILES string of the molecule is C=C[C@H](N)c1cc(C)cc(C)c1.Cl. The Bertz CT molecular complexity index is 274. The highest BCUT2D eigenvalue weighted by Crippen LogP contribution is 2.15.